The summed E-state index contributed by atoms with van der Waals surface area (Å²) in [6.45, 7) is 2.85. The number of ether oxygens (including phenoxy) is 1. The summed E-state index contributed by atoms with van der Waals surface area (Å²) in [5, 5.41) is 8.78. The fourth-order valence-corrected chi connectivity index (χ4v) is 2.27. The first-order valence-corrected chi connectivity index (χ1v) is 7.65. The van der Waals surface area contributed by atoms with Gasteiger partial charge in [-0.1, -0.05) is 42.1 Å². The molecular weight excluding hydrogens is 308 g/mol. The predicted octanol–water partition coefficient (Wildman–Crippen LogP) is 4.50. The molecule has 0 aliphatic carbocycles. The van der Waals surface area contributed by atoms with Crippen molar-refractivity contribution in [2.75, 3.05) is 6.61 Å². The normalized spacial score (nSPS) is 12.1. The van der Waals surface area contributed by atoms with Crippen LogP contribution in [0.4, 0.5) is 0 Å². The lowest BCUT2D eigenvalue weighted by molar-refractivity contribution is 0.0697. The summed E-state index contributed by atoms with van der Waals surface area (Å²) < 4.78 is 5.59. The number of halogens is 1. The van der Waals surface area contributed by atoms with Crippen LogP contribution in [-0.4, -0.2) is 22.5 Å². The van der Waals surface area contributed by atoms with Gasteiger partial charge in [0.1, 0.15) is 5.75 Å². The fraction of sp³-hybridized carbons (Fsp3) is 0.533. The second kappa shape index (κ2) is 8.97. The standard InChI is InChI=1S/C15H21BrO3/c1-2-3-4-5-13(16)10-11-19-14-8-6-12(7-9-14)15(17)18/h6-9,13H,2-5,10-11H2,1H3,(H,17,18). The van der Waals surface area contributed by atoms with Crippen molar-refractivity contribution in [2.24, 2.45) is 0 Å². The molecular formula is C15H21BrO3. The number of hydrogen-bond acceptors (Lipinski definition) is 2. The number of unbranched alkanes of at least 4 members (excludes halogenated alkanes) is 2. The van der Waals surface area contributed by atoms with Gasteiger partial charge in [0.25, 0.3) is 0 Å². The lowest BCUT2D eigenvalue weighted by atomic mass is 10.1. The highest BCUT2D eigenvalue weighted by atomic mass is 79.9. The summed E-state index contributed by atoms with van der Waals surface area (Å²) in [6.07, 6.45) is 5.91. The highest BCUT2D eigenvalue weighted by Crippen LogP contribution is 2.17. The Kier molecular flexibility index (Phi) is 7.56. The molecule has 0 saturated carbocycles. The van der Waals surface area contributed by atoms with Gasteiger partial charge < -0.3 is 9.84 Å². The quantitative estimate of drug-likeness (QED) is 0.536. The van der Waals surface area contributed by atoms with Crippen LogP contribution < -0.4 is 4.74 Å². The van der Waals surface area contributed by atoms with Crippen LogP contribution >= 0.6 is 15.9 Å². The molecule has 1 N–H and O–H groups in total. The summed E-state index contributed by atoms with van der Waals surface area (Å²) in [7, 11) is 0. The van der Waals surface area contributed by atoms with Gasteiger partial charge in [-0.3, -0.25) is 0 Å². The summed E-state index contributed by atoms with van der Waals surface area (Å²) in [4.78, 5) is 11.2. The molecule has 0 spiro atoms. The van der Waals surface area contributed by atoms with E-state index in [2.05, 4.69) is 22.9 Å². The minimum atomic E-state index is -0.914. The van der Waals surface area contributed by atoms with E-state index < -0.39 is 5.97 Å². The van der Waals surface area contributed by atoms with Crippen molar-refractivity contribution in [2.45, 2.75) is 43.9 Å². The van der Waals surface area contributed by atoms with Crippen LogP contribution in [0.2, 0.25) is 0 Å². The monoisotopic (exact) mass is 328 g/mol. The lowest BCUT2D eigenvalue weighted by Gasteiger charge is -2.10. The number of rotatable bonds is 9. The van der Waals surface area contributed by atoms with Gasteiger partial charge in [0.05, 0.1) is 12.2 Å². The zero-order valence-electron chi connectivity index (χ0n) is 11.3. The lowest BCUT2D eigenvalue weighted by Crippen LogP contribution is -2.06. The second-order valence-corrected chi connectivity index (χ2v) is 5.85. The molecule has 1 aromatic carbocycles. The Labute approximate surface area is 123 Å². The fourth-order valence-electron chi connectivity index (χ4n) is 1.76. The largest absolute Gasteiger partial charge is 0.494 e. The highest BCUT2D eigenvalue weighted by Gasteiger charge is 2.05. The zero-order chi connectivity index (χ0) is 14.1. The maximum Gasteiger partial charge on any atom is 0.335 e. The van der Waals surface area contributed by atoms with Crippen LogP contribution in [0.5, 0.6) is 5.75 Å². The Morgan fingerprint density at radius 3 is 2.53 bits per heavy atom. The Bertz CT molecular complexity index is 375. The smallest absolute Gasteiger partial charge is 0.335 e. The average molecular weight is 329 g/mol. The Morgan fingerprint density at radius 1 is 1.26 bits per heavy atom. The number of alkyl halides is 1. The number of aromatic carboxylic acids is 1. The highest BCUT2D eigenvalue weighted by molar-refractivity contribution is 9.09. The molecule has 1 rings (SSSR count). The molecule has 1 atom stereocenters. The third kappa shape index (κ3) is 6.62. The molecule has 0 bridgehead atoms. The van der Waals surface area contributed by atoms with E-state index >= 15 is 0 Å². The zero-order valence-corrected chi connectivity index (χ0v) is 12.9. The molecule has 1 unspecified atom stereocenters. The van der Waals surface area contributed by atoms with Crippen molar-refractivity contribution in [3.8, 4) is 5.75 Å². The number of hydrogen-bond donors (Lipinski definition) is 1. The van der Waals surface area contributed by atoms with Crippen LogP contribution in [0.15, 0.2) is 24.3 Å². The number of carboxylic acids is 1. The number of carbonyl (C=O) groups is 1. The van der Waals surface area contributed by atoms with E-state index in [1.807, 2.05) is 0 Å². The van der Waals surface area contributed by atoms with Crippen molar-refractivity contribution in [1.82, 2.24) is 0 Å². The van der Waals surface area contributed by atoms with E-state index in [-0.39, 0.29) is 5.56 Å². The molecule has 1 aromatic rings. The van der Waals surface area contributed by atoms with Gasteiger partial charge in [0.15, 0.2) is 0 Å². The van der Waals surface area contributed by atoms with Gasteiger partial charge in [-0.2, -0.15) is 0 Å². The molecule has 0 saturated heterocycles. The van der Waals surface area contributed by atoms with E-state index in [0.717, 1.165) is 12.2 Å². The Balaban J connectivity index is 2.23. The van der Waals surface area contributed by atoms with E-state index in [1.165, 1.54) is 25.7 Å². The molecule has 0 fully saturated rings. The maximum absolute atomic E-state index is 10.7. The number of carboxylic acid groups (broad SMARTS) is 1. The molecule has 106 valence electrons. The molecule has 0 amide bonds. The summed E-state index contributed by atoms with van der Waals surface area (Å²) >= 11 is 3.65. The third-order valence-corrected chi connectivity index (χ3v) is 3.84. The van der Waals surface area contributed by atoms with Crippen LogP contribution in [0.1, 0.15) is 49.4 Å². The minimum absolute atomic E-state index is 0.283. The average Bonchev–Trinajstić information content (AvgIpc) is 2.39. The molecule has 0 heterocycles. The summed E-state index contributed by atoms with van der Waals surface area (Å²) in [5.74, 6) is -0.193. The van der Waals surface area contributed by atoms with Crippen molar-refractivity contribution in [1.29, 1.82) is 0 Å². The van der Waals surface area contributed by atoms with E-state index in [4.69, 9.17) is 9.84 Å². The number of benzene rings is 1. The Hall–Kier alpha value is -1.03. The minimum Gasteiger partial charge on any atom is -0.494 e. The molecule has 0 aliphatic heterocycles. The first kappa shape index (κ1) is 16.0. The first-order valence-electron chi connectivity index (χ1n) is 6.73. The van der Waals surface area contributed by atoms with E-state index in [0.29, 0.717) is 11.4 Å². The molecule has 0 aromatic heterocycles. The van der Waals surface area contributed by atoms with Gasteiger partial charge in [-0.15, -0.1) is 0 Å². The maximum atomic E-state index is 10.7. The van der Waals surface area contributed by atoms with Gasteiger partial charge in [0, 0.05) is 4.83 Å². The van der Waals surface area contributed by atoms with Crippen molar-refractivity contribution in [3.63, 3.8) is 0 Å². The van der Waals surface area contributed by atoms with Crippen LogP contribution in [0.25, 0.3) is 0 Å². The van der Waals surface area contributed by atoms with Gasteiger partial charge in [0.2, 0.25) is 0 Å². The van der Waals surface area contributed by atoms with Crippen LogP contribution in [0, 0.1) is 0 Å². The summed E-state index contributed by atoms with van der Waals surface area (Å²) in [5.41, 5.74) is 0.283. The first-order chi connectivity index (χ1) is 9.13. The van der Waals surface area contributed by atoms with Gasteiger partial charge in [-0.05, 0) is 37.1 Å². The second-order valence-electron chi connectivity index (χ2n) is 4.56. The van der Waals surface area contributed by atoms with Crippen molar-refractivity contribution < 1.29 is 14.6 Å². The topological polar surface area (TPSA) is 46.5 Å². The predicted molar refractivity (Wildman–Crippen MR) is 80.4 cm³/mol. The molecule has 4 heteroatoms. The molecule has 3 nitrogen and oxygen atoms in total. The Morgan fingerprint density at radius 2 is 1.95 bits per heavy atom. The molecule has 19 heavy (non-hydrogen) atoms. The van der Waals surface area contributed by atoms with Crippen LogP contribution in [-0.2, 0) is 0 Å². The van der Waals surface area contributed by atoms with E-state index in [1.54, 1.807) is 24.3 Å². The third-order valence-electron chi connectivity index (χ3n) is 2.92. The van der Waals surface area contributed by atoms with Gasteiger partial charge in [-0.25, -0.2) is 4.79 Å². The van der Waals surface area contributed by atoms with Crippen molar-refractivity contribution in [3.05, 3.63) is 29.8 Å². The van der Waals surface area contributed by atoms with Crippen LogP contribution in [0.3, 0.4) is 0 Å². The SMILES string of the molecule is CCCCCC(Br)CCOc1ccc(C(=O)O)cc1. The molecule has 0 radical (unpaired) electrons. The van der Waals surface area contributed by atoms with Crippen molar-refractivity contribution >= 4 is 21.9 Å². The summed E-state index contributed by atoms with van der Waals surface area (Å²) in [6, 6.07) is 6.52. The van der Waals surface area contributed by atoms with Gasteiger partial charge >= 0.3 is 5.97 Å². The van der Waals surface area contributed by atoms with E-state index in [9.17, 15) is 4.79 Å². The molecule has 0 aliphatic rings.